The van der Waals surface area contributed by atoms with E-state index in [4.69, 9.17) is 11.6 Å². The van der Waals surface area contributed by atoms with Crippen LogP contribution in [0, 0.1) is 10.1 Å². The van der Waals surface area contributed by atoms with Crippen LogP contribution in [0.1, 0.15) is 18.3 Å². The van der Waals surface area contributed by atoms with Crippen LogP contribution in [0.25, 0.3) is 0 Å². The number of nitrogens with one attached hydrogen (secondary N) is 1. The first-order chi connectivity index (χ1) is 9.08. The first-order valence-electron chi connectivity index (χ1n) is 5.53. The Kier molecular flexibility index (Phi) is 3.91. The van der Waals surface area contributed by atoms with E-state index in [1.165, 1.54) is 4.68 Å². The third kappa shape index (κ3) is 3.38. The summed E-state index contributed by atoms with van der Waals surface area (Å²) in [6.07, 6.45) is 2.23. The Morgan fingerprint density at radius 2 is 2.37 bits per heavy atom. The second-order valence-corrected chi connectivity index (χ2v) is 4.12. The average molecular weight is 283 g/mol. The van der Waals surface area contributed by atoms with Crippen molar-refractivity contribution in [3.63, 3.8) is 0 Å². The maximum atomic E-state index is 10.5. The SMILES string of the molecule is CCc1n/c(=N\[N+](=O)[O-])n(Cc2ccc(Cl)nc2)[nH]1. The summed E-state index contributed by atoms with van der Waals surface area (Å²) in [4.78, 5) is 18.4. The van der Waals surface area contributed by atoms with Crippen molar-refractivity contribution >= 4 is 11.6 Å². The summed E-state index contributed by atoms with van der Waals surface area (Å²) < 4.78 is 1.49. The molecule has 19 heavy (non-hydrogen) atoms. The van der Waals surface area contributed by atoms with E-state index in [-0.39, 0.29) is 5.62 Å². The van der Waals surface area contributed by atoms with E-state index in [0.29, 0.717) is 23.9 Å². The third-order valence-electron chi connectivity index (χ3n) is 2.38. The minimum absolute atomic E-state index is 0.0248. The molecule has 2 rings (SSSR count). The van der Waals surface area contributed by atoms with Gasteiger partial charge >= 0.3 is 5.62 Å². The standard InChI is InChI=1S/C10H11ClN6O2/c1-2-9-13-10(15-17(18)19)16(14-9)6-7-3-4-8(11)12-5-7/h3-5H,2,6H2,1H3,(H,13,14,15). The quantitative estimate of drug-likeness (QED) is 0.512. The maximum absolute atomic E-state index is 10.5. The van der Waals surface area contributed by atoms with Gasteiger partial charge in [0.05, 0.1) is 6.54 Å². The fourth-order valence-corrected chi connectivity index (χ4v) is 1.62. The predicted molar refractivity (Wildman–Crippen MR) is 66.9 cm³/mol. The summed E-state index contributed by atoms with van der Waals surface area (Å²) in [7, 11) is 0. The van der Waals surface area contributed by atoms with Crippen molar-refractivity contribution in [3.05, 3.63) is 50.6 Å². The highest BCUT2D eigenvalue weighted by atomic mass is 35.5. The number of aryl methyl sites for hydroxylation is 1. The molecule has 2 heterocycles. The van der Waals surface area contributed by atoms with E-state index in [9.17, 15) is 10.1 Å². The normalized spacial score (nSPS) is 11.8. The fraction of sp³-hybridized carbons (Fsp3) is 0.300. The molecule has 100 valence electrons. The molecule has 0 aliphatic heterocycles. The molecule has 0 atom stereocenters. The molecule has 0 amide bonds. The minimum Gasteiger partial charge on any atom is -0.282 e. The minimum atomic E-state index is -0.772. The topological polar surface area (TPSA) is 102 Å². The lowest BCUT2D eigenvalue weighted by Gasteiger charge is -2.01. The van der Waals surface area contributed by atoms with Gasteiger partial charge in [-0.2, -0.15) is 4.98 Å². The molecular formula is C10H11ClN6O2. The summed E-state index contributed by atoms with van der Waals surface area (Å²) in [5, 5.41) is 16.3. The molecule has 0 spiro atoms. The first kappa shape index (κ1) is 13.2. The van der Waals surface area contributed by atoms with E-state index >= 15 is 0 Å². The van der Waals surface area contributed by atoms with E-state index in [1.807, 2.05) is 6.92 Å². The van der Waals surface area contributed by atoms with E-state index < -0.39 is 5.03 Å². The van der Waals surface area contributed by atoms with Crippen LogP contribution in [-0.2, 0) is 13.0 Å². The molecule has 2 aromatic heterocycles. The number of hydrogen-bond acceptors (Lipinski definition) is 4. The van der Waals surface area contributed by atoms with E-state index in [0.717, 1.165) is 5.56 Å². The number of hydrogen-bond donors (Lipinski definition) is 1. The number of nitrogens with zero attached hydrogens (tertiary/aromatic N) is 5. The van der Waals surface area contributed by atoms with E-state index in [2.05, 4.69) is 20.2 Å². The first-order valence-corrected chi connectivity index (χ1v) is 5.91. The molecule has 8 nitrogen and oxygen atoms in total. The molecule has 0 saturated heterocycles. The molecule has 0 aliphatic carbocycles. The van der Waals surface area contributed by atoms with Crippen LogP contribution in [0.2, 0.25) is 5.15 Å². The summed E-state index contributed by atoms with van der Waals surface area (Å²) in [5.41, 5.74) is 0.859. The van der Waals surface area contributed by atoms with Crippen molar-refractivity contribution in [2.45, 2.75) is 19.9 Å². The lowest BCUT2D eigenvalue weighted by molar-refractivity contribution is -0.491. The highest BCUT2D eigenvalue weighted by Gasteiger charge is 2.06. The molecular weight excluding hydrogens is 272 g/mol. The number of aromatic nitrogens is 4. The molecule has 0 unspecified atom stereocenters. The Morgan fingerprint density at radius 3 is 2.95 bits per heavy atom. The molecule has 0 bridgehead atoms. The lowest BCUT2D eigenvalue weighted by atomic mass is 10.3. The molecule has 0 saturated carbocycles. The Bertz CT molecular complexity index is 645. The van der Waals surface area contributed by atoms with Gasteiger partial charge in [-0.15, -0.1) is 0 Å². The second kappa shape index (κ2) is 5.61. The van der Waals surface area contributed by atoms with Crippen molar-refractivity contribution in [1.29, 1.82) is 0 Å². The van der Waals surface area contributed by atoms with Crippen molar-refractivity contribution in [2.75, 3.05) is 0 Å². The predicted octanol–water partition coefficient (Wildman–Crippen LogP) is 0.963. The van der Waals surface area contributed by atoms with Gasteiger partial charge in [0.2, 0.25) is 0 Å². The molecule has 9 heteroatoms. The molecule has 2 aromatic rings. The average Bonchev–Trinajstić information content (AvgIpc) is 2.74. The Morgan fingerprint density at radius 1 is 1.58 bits per heavy atom. The molecule has 0 radical (unpaired) electrons. The van der Waals surface area contributed by atoms with Crippen LogP contribution in [0.15, 0.2) is 23.4 Å². The zero-order chi connectivity index (χ0) is 13.8. The number of aromatic amines is 1. The van der Waals surface area contributed by atoms with Crippen molar-refractivity contribution in [2.24, 2.45) is 5.10 Å². The molecule has 0 aliphatic rings. The van der Waals surface area contributed by atoms with Gasteiger partial charge in [-0.3, -0.25) is 5.10 Å². The number of rotatable bonds is 4. The Labute approximate surface area is 112 Å². The van der Waals surface area contributed by atoms with Gasteiger partial charge in [-0.05, 0) is 11.6 Å². The summed E-state index contributed by atoms with van der Waals surface area (Å²) in [5.74, 6) is 0.627. The van der Waals surface area contributed by atoms with Gasteiger partial charge < -0.3 is 0 Å². The van der Waals surface area contributed by atoms with Gasteiger partial charge in [0.25, 0.3) is 0 Å². The van der Waals surface area contributed by atoms with Crippen molar-refractivity contribution in [3.8, 4) is 0 Å². The van der Waals surface area contributed by atoms with Crippen molar-refractivity contribution in [1.82, 2.24) is 19.7 Å². The van der Waals surface area contributed by atoms with Crippen LogP contribution >= 0.6 is 11.6 Å². The summed E-state index contributed by atoms with van der Waals surface area (Å²) >= 11 is 5.70. The van der Waals surface area contributed by atoms with Crippen LogP contribution < -0.4 is 5.62 Å². The Balaban J connectivity index is 2.36. The molecule has 1 N–H and O–H groups in total. The van der Waals surface area contributed by atoms with Gasteiger partial charge in [0.1, 0.15) is 16.1 Å². The maximum Gasteiger partial charge on any atom is 0.318 e. The van der Waals surface area contributed by atoms with E-state index in [1.54, 1.807) is 18.3 Å². The second-order valence-electron chi connectivity index (χ2n) is 3.74. The zero-order valence-corrected chi connectivity index (χ0v) is 10.8. The summed E-state index contributed by atoms with van der Waals surface area (Å²) in [6.45, 7) is 2.24. The smallest absolute Gasteiger partial charge is 0.282 e. The van der Waals surface area contributed by atoms with Gasteiger partial charge in [-0.25, -0.2) is 19.8 Å². The molecule has 0 fully saturated rings. The van der Waals surface area contributed by atoms with Crippen LogP contribution in [0.5, 0.6) is 0 Å². The largest absolute Gasteiger partial charge is 0.318 e. The fourth-order valence-electron chi connectivity index (χ4n) is 1.51. The Hall–Kier alpha value is -2.22. The van der Waals surface area contributed by atoms with Crippen LogP contribution in [-0.4, -0.2) is 24.8 Å². The monoisotopic (exact) mass is 282 g/mol. The van der Waals surface area contributed by atoms with Crippen LogP contribution in [0.4, 0.5) is 0 Å². The highest BCUT2D eigenvalue weighted by molar-refractivity contribution is 6.29. The van der Waals surface area contributed by atoms with Gasteiger partial charge in [0, 0.05) is 12.6 Å². The van der Waals surface area contributed by atoms with Crippen LogP contribution in [0.3, 0.4) is 0 Å². The van der Waals surface area contributed by atoms with Crippen molar-refractivity contribution < 1.29 is 5.03 Å². The third-order valence-corrected chi connectivity index (χ3v) is 2.60. The number of pyridine rings is 1. The number of halogens is 1. The number of H-pyrrole nitrogens is 1. The van der Waals surface area contributed by atoms with Gasteiger partial charge in [0.15, 0.2) is 5.03 Å². The molecule has 0 aromatic carbocycles. The zero-order valence-electron chi connectivity index (χ0n) is 10.1. The summed E-state index contributed by atoms with van der Waals surface area (Å²) in [6, 6.07) is 3.43. The highest BCUT2D eigenvalue weighted by Crippen LogP contribution is 2.05. The number of nitro groups is 1. The lowest BCUT2D eigenvalue weighted by Crippen LogP contribution is -2.22. The van der Waals surface area contributed by atoms with Gasteiger partial charge in [-0.1, -0.05) is 24.6 Å².